The van der Waals surface area contributed by atoms with Crippen molar-refractivity contribution in [3.05, 3.63) is 72.0 Å². The Morgan fingerprint density at radius 3 is 2.45 bits per heavy atom. The molecule has 0 saturated heterocycles. The molecular weight excluding hydrogens is 386 g/mol. The number of hydrogen-bond donors (Lipinski definition) is 1. The second-order valence-corrected chi connectivity index (χ2v) is 6.80. The first-order valence-corrected chi connectivity index (χ1v) is 9.65. The maximum atomic E-state index is 12.5. The minimum absolute atomic E-state index is 0.207. The van der Waals surface area contributed by atoms with Gasteiger partial charge in [-0.05, 0) is 44.3 Å². The molecule has 0 amide bonds. The van der Waals surface area contributed by atoms with Gasteiger partial charge in [0.2, 0.25) is 0 Å². The van der Waals surface area contributed by atoms with Crippen molar-refractivity contribution in [2.24, 2.45) is 0 Å². The predicted octanol–water partition coefficient (Wildman–Crippen LogP) is 5.85. The number of benzene rings is 3. The van der Waals surface area contributed by atoms with E-state index in [-0.39, 0.29) is 11.8 Å². The largest absolute Gasteiger partial charge is 0.462 e. The molecule has 0 aliphatic heterocycles. The van der Waals surface area contributed by atoms with Crippen LogP contribution in [0.4, 0.5) is 5.69 Å². The van der Waals surface area contributed by atoms with Crippen molar-refractivity contribution >= 4 is 50.8 Å². The van der Waals surface area contributed by atoms with Crippen LogP contribution in [0.3, 0.4) is 0 Å². The molecule has 0 unspecified atom stereocenters. The minimum atomic E-state index is -0.421. The first kappa shape index (κ1) is 19.0. The molecule has 6 heteroatoms. The Morgan fingerprint density at radius 1 is 1.03 bits per heavy atom. The van der Waals surface area contributed by atoms with Gasteiger partial charge in [-0.25, -0.2) is 4.79 Å². The normalized spacial score (nSPS) is 10.8. The molecule has 29 heavy (non-hydrogen) atoms. The predicted molar refractivity (Wildman–Crippen MR) is 118 cm³/mol. The number of anilines is 1. The molecule has 1 N–H and O–H groups in total. The lowest BCUT2D eigenvalue weighted by Crippen LogP contribution is -2.16. The Kier molecular flexibility index (Phi) is 5.18. The number of para-hydroxylation sites is 1. The Balaban J connectivity index is 1.81. The molecule has 4 aromatic rings. The number of thiocarbonyl (C=S) groups is 1. The fraction of sp³-hybridized carbons (Fsp3) is 0.130. The van der Waals surface area contributed by atoms with Crippen molar-refractivity contribution in [3.8, 4) is 5.75 Å². The van der Waals surface area contributed by atoms with E-state index in [4.69, 9.17) is 26.1 Å². The van der Waals surface area contributed by atoms with E-state index in [1.165, 1.54) is 0 Å². The molecule has 0 saturated carbocycles. The monoisotopic (exact) mass is 405 g/mol. The van der Waals surface area contributed by atoms with Crippen molar-refractivity contribution < 1.29 is 18.7 Å². The Morgan fingerprint density at radius 2 is 1.72 bits per heavy atom. The molecule has 1 heterocycles. The third-order valence-corrected chi connectivity index (χ3v) is 4.72. The lowest BCUT2D eigenvalue weighted by Gasteiger charge is -2.12. The molecule has 3 aromatic carbocycles. The van der Waals surface area contributed by atoms with Crippen LogP contribution < -0.4 is 10.1 Å². The number of fused-ring (bicyclic) bond motifs is 3. The van der Waals surface area contributed by atoms with Crippen molar-refractivity contribution in [2.75, 3.05) is 11.9 Å². The highest BCUT2D eigenvalue weighted by Crippen LogP contribution is 2.38. The van der Waals surface area contributed by atoms with E-state index < -0.39 is 5.97 Å². The summed E-state index contributed by atoms with van der Waals surface area (Å²) in [4.78, 5) is 12.5. The van der Waals surface area contributed by atoms with Gasteiger partial charge in [0, 0.05) is 21.8 Å². The summed E-state index contributed by atoms with van der Waals surface area (Å²) in [5.74, 6) is 0.619. The molecular formula is C23H19NO4S. The van der Waals surface area contributed by atoms with Gasteiger partial charge in [0.1, 0.15) is 22.7 Å². The van der Waals surface area contributed by atoms with Gasteiger partial charge >= 0.3 is 5.97 Å². The third kappa shape index (κ3) is 3.67. The van der Waals surface area contributed by atoms with Crippen LogP contribution in [0.1, 0.15) is 23.0 Å². The molecule has 5 nitrogen and oxygen atoms in total. The van der Waals surface area contributed by atoms with Gasteiger partial charge in [-0.1, -0.05) is 42.5 Å². The summed E-state index contributed by atoms with van der Waals surface area (Å²) in [5, 5.41) is 5.57. The van der Waals surface area contributed by atoms with Gasteiger partial charge in [-0.2, -0.15) is 0 Å². The van der Waals surface area contributed by atoms with Crippen LogP contribution in [0.15, 0.2) is 65.1 Å². The second kappa shape index (κ2) is 7.93. The highest BCUT2D eigenvalue weighted by Gasteiger charge is 2.23. The fourth-order valence-electron chi connectivity index (χ4n) is 3.31. The van der Waals surface area contributed by atoms with E-state index in [9.17, 15) is 4.79 Å². The Labute approximate surface area is 173 Å². The summed E-state index contributed by atoms with van der Waals surface area (Å²) in [7, 11) is 0. The smallest absolute Gasteiger partial charge is 0.342 e. The summed E-state index contributed by atoms with van der Waals surface area (Å²) in [6.07, 6.45) is 0. The number of hydrogen-bond acceptors (Lipinski definition) is 5. The number of rotatable bonds is 4. The topological polar surface area (TPSA) is 60.7 Å². The zero-order valence-corrected chi connectivity index (χ0v) is 16.8. The van der Waals surface area contributed by atoms with Crippen LogP contribution in [-0.2, 0) is 4.74 Å². The molecule has 0 spiro atoms. The lowest BCUT2D eigenvalue weighted by molar-refractivity contribution is 0.0526. The molecule has 4 rings (SSSR count). The summed E-state index contributed by atoms with van der Waals surface area (Å²) in [5.41, 5.74) is 1.85. The summed E-state index contributed by atoms with van der Waals surface area (Å²) in [6.45, 7) is 3.81. The number of ether oxygens (including phenoxy) is 2. The van der Waals surface area contributed by atoms with Crippen LogP contribution in [0.2, 0.25) is 0 Å². The Bertz CT molecular complexity index is 1210. The quantitative estimate of drug-likeness (QED) is 0.340. The van der Waals surface area contributed by atoms with E-state index in [0.29, 0.717) is 28.0 Å². The molecule has 0 aliphatic rings. The van der Waals surface area contributed by atoms with Gasteiger partial charge < -0.3 is 19.2 Å². The average molecular weight is 405 g/mol. The first-order chi connectivity index (χ1) is 14.1. The average Bonchev–Trinajstić information content (AvgIpc) is 3.05. The molecule has 146 valence electrons. The van der Waals surface area contributed by atoms with Crippen LogP contribution >= 0.6 is 12.2 Å². The van der Waals surface area contributed by atoms with Crippen LogP contribution in [0.5, 0.6) is 5.75 Å². The number of nitrogens with one attached hydrogen (secondary N) is 1. The maximum absolute atomic E-state index is 12.5. The van der Waals surface area contributed by atoms with Crippen LogP contribution in [0.25, 0.3) is 21.7 Å². The molecule has 0 aliphatic carbocycles. The highest BCUT2D eigenvalue weighted by atomic mass is 32.1. The minimum Gasteiger partial charge on any atom is -0.462 e. The molecule has 0 atom stereocenters. The lowest BCUT2D eigenvalue weighted by atomic mass is 10.0. The Hall–Kier alpha value is -3.38. The number of carbonyl (C=O) groups excluding carboxylic acids is 1. The highest BCUT2D eigenvalue weighted by molar-refractivity contribution is 7.80. The standard InChI is InChI=1S/C23H19NO4S/c1-3-26-22(25)20-14(2)27-21-17-12-8-7-11-16(17)19(13-18(20)21)28-23(29)24-15-9-5-4-6-10-15/h4-13H,3H2,1-2H3,(H,24,29). The van der Waals surface area contributed by atoms with Crippen LogP contribution in [0, 0.1) is 6.92 Å². The molecule has 0 fully saturated rings. The van der Waals surface area contributed by atoms with E-state index in [0.717, 1.165) is 16.5 Å². The second-order valence-electron chi connectivity index (χ2n) is 6.43. The molecule has 0 bridgehead atoms. The molecule has 0 radical (unpaired) electrons. The SMILES string of the molecule is CCOC(=O)c1c(C)oc2c1cc(OC(=S)Nc1ccccc1)c1ccccc12. The zero-order chi connectivity index (χ0) is 20.4. The third-order valence-electron chi connectivity index (χ3n) is 4.54. The number of furan rings is 1. The van der Waals surface area contributed by atoms with Crippen molar-refractivity contribution in [1.82, 2.24) is 0 Å². The van der Waals surface area contributed by atoms with Crippen molar-refractivity contribution in [3.63, 3.8) is 0 Å². The number of esters is 1. The van der Waals surface area contributed by atoms with Gasteiger partial charge in [0.05, 0.1) is 6.61 Å². The maximum Gasteiger partial charge on any atom is 0.342 e. The first-order valence-electron chi connectivity index (χ1n) is 9.24. The van der Waals surface area contributed by atoms with E-state index in [2.05, 4.69) is 5.32 Å². The van der Waals surface area contributed by atoms with E-state index in [1.54, 1.807) is 19.9 Å². The van der Waals surface area contributed by atoms with Crippen molar-refractivity contribution in [2.45, 2.75) is 13.8 Å². The van der Waals surface area contributed by atoms with Gasteiger partial charge in [0.25, 0.3) is 5.17 Å². The van der Waals surface area contributed by atoms with E-state index in [1.807, 2.05) is 54.6 Å². The van der Waals surface area contributed by atoms with Crippen molar-refractivity contribution in [1.29, 1.82) is 0 Å². The summed E-state index contributed by atoms with van der Waals surface area (Å²) < 4.78 is 17.1. The number of carbonyl (C=O) groups is 1. The summed E-state index contributed by atoms with van der Waals surface area (Å²) in [6, 6.07) is 19.0. The van der Waals surface area contributed by atoms with Gasteiger partial charge in [0.15, 0.2) is 0 Å². The fourth-order valence-corrected chi connectivity index (χ4v) is 3.52. The summed E-state index contributed by atoms with van der Waals surface area (Å²) >= 11 is 5.39. The van der Waals surface area contributed by atoms with Gasteiger partial charge in [-0.3, -0.25) is 0 Å². The van der Waals surface area contributed by atoms with Gasteiger partial charge in [-0.15, -0.1) is 0 Å². The zero-order valence-electron chi connectivity index (χ0n) is 16.0. The molecule has 1 aromatic heterocycles. The number of aryl methyl sites for hydroxylation is 1. The van der Waals surface area contributed by atoms with E-state index >= 15 is 0 Å². The van der Waals surface area contributed by atoms with Crippen LogP contribution in [-0.4, -0.2) is 17.8 Å².